The predicted octanol–water partition coefficient (Wildman–Crippen LogP) is 3.86. The fraction of sp³-hybridized carbons (Fsp3) is 0.240. The molecule has 1 aromatic carbocycles. The molecule has 1 aliphatic heterocycles. The Labute approximate surface area is 196 Å². The molecule has 0 aliphatic carbocycles. The van der Waals surface area contributed by atoms with Gasteiger partial charge in [0.2, 0.25) is 5.91 Å². The molecule has 5 rings (SSSR count). The highest BCUT2D eigenvalue weighted by atomic mass is 16.5. The third-order valence-corrected chi connectivity index (χ3v) is 5.96. The lowest BCUT2D eigenvalue weighted by atomic mass is 10.0. The first-order valence-electron chi connectivity index (χ1n) is 11.1. The number of nitrogens with one attached hydrogen (secondary N) is 2. The number of hydrogen-bond donors (Lipinski definition) is 2. The van der Waals surface area contributed by atoms with Gasteiger partial charge in [-0.25, -0.2) is 9.97 Å². The van der Waals surface area contributed by atoms with Crippen molar-refractivity contribution in [2.45, 2.75) is 25.8 Å². The Morgan fingerprint density at radius 2 is 2.06 bits per heavy atom. The highest BCUT2D eigenvalue weighted by Gasteiger charge is 2.31. The summed E-state index contributed by atoms with van der Waals surface area (Å²) >= 11 is 0. The zero-order chi connectivity index (χ0) is 23.7. The van der Waals surface area contributed by atoms with Crippen LogP contribution < -0.4 is 10.1 Å². The van der Waals surface area contributed by atoms with E-state index >= 15 is 0 Å². The van der Waals surface area contributed by atoms with E-state index in [0.717, 1.165) is 35.1 Å². The number of ether oxygens (including phenoxy) is 1. The van der Waals surface area contributed by atoms with Crippen molar-refractivity contribution < 1.29 is 14.3 Å². The zero-order valence-electron chi connectivity index (χ0n) is 18.9. The van der Waals surface area contributed by atoms with Crippen LogP contribution in [0.5, 0.6) is 11.5 Å². The van der Waals surface area contributed by atoms with Crippen LogP contribution in [-0.2, 0) is 4.79 Å². The monoisotopic (exact) mass is 456 g/mol. The predicted molar refractivity (Wildman–Crippen MR) is 126 cm³/mol. The van der Waals surface area contributed by atoms with Crippen LogP contribution in [-0.4, -0.2) is 50.2 Å². The number of rotatable bonds is 5. The number of fused-ring (bicyclic) bond motifs is 1. The fourth-order valence-electron chi connectivity index (χ4n) is 4.32. The van der Waals surface area contributed by atoms with Gasteiger partial charge >= 0.3 is 0 Å². The quantitative estimate of drug-likeness (QED) is 0.472. The Hall–Kier alpha value is -4.27. The van der Waals surface area contributed by atoms with Crippen LogP contribution in [0.2, 0.25) is 0 Å². The second kappa shape index (κ2) is 8.93. The number of nitrogens with zero attached hydrogens (tertiary/aromatic N) is 4. The molecule has 1 atom stereocenters. The molecular weight excluding hydrogens is 432 g/mol. The van der Waals surface area contributed by atoms with Crippen LogP contribution >= 0.6 is 0 Å². The second-order valence-corrected chi connectivity index (χ2v) is 8.14. The Kier molecular flexibility index (Phi) is 5.67. The van der Waals surface area contributed by atoms with Gasteiger partial charge < -0.3 is 19.9 Å². The van der Waals surface area contributed by atoms with E-state index in [4.69, 9.17) is 9.72 Å². The number of amides is 2. The lowest BCUT2D eigenvalue weighted by molar-refractivity contribution is -0.129. The summed E-state index contributed by atoms with van der Waals surface area (Å²) in [5.41, 5.74) is 3.50. The number of hydrogen-bond acceptors (Lipinski definition) is 6. The largest absolute Gasteiger partial charge is 0.455 e. The summed E-state index contributed by atoms with van der Waals surface area (Å²) in [6, 6.07) is 12.7. The number of aromatic nitrogens is 4. The van der Waals surface area contributed by atoms with Crippen molar-refractivity contribution in [3.63, 3.8) is 0 Å². The second-order valence-electron chi connectivity index (χ2n) is 8.14. The lowest BCUT2D eigenvalue weighted by Crippen LogP contribution is -2.28. The van der Waals surface area contributed by atoms with E-state index in [0.29, 0.717) is 29.6 Å². The third kappa shape index (κ3) is 4.07. The highest BCUT2D eigenvalue weighted by molar-refractivity contribution is 5.92. The first-order valence-corrected chi connectivity index (χ1v) is 11.1. The molecule has 0 radical (unpaired) electrons. The summed E-state index contributed by atoms with van der Waals surface area (Å²) in [5.74, 6) is 1.50. The number of benzene rings is 1. The van der Waals surface area contributed by atoms with Crippen LogP contribution in [0.25, 0.3) is 22.6 Å². The molecule has 0 saturated carbocycles. The smallest absolute Gasteiger partial charge is 0.269 e. The number of likely N-dealkylation sites (tertiary alicyclic amines) is 1. The summed E-state index contributed by atoms with van der Waals surface area (Å²) < 4.78 is 6.24. The summed E-state index contributed by atoms with van der Waals surface area (Å²) in [4.78, 5) is 42.6. The van der Waals surface area contributed by atoms with Crippen LogP contribution in [0.4, 0.5) is 0 Å². The van der Waals surface area contributed by atoms with Gasteiger partial charge in [-0.1, -0.05) is 6.07 Å². The molecular formula is C25H24N6O3. The van der Waals surface area contributed by atoms with E-state index < -0.39 is 0 Å². The van der Waals surface area contributed by atoms with Gasteiger partial charge in [-0.2, -0.15) is 0 Å². The van der Waals surface area contributed by atoms with E-state index in [2.05, 4.69) is 20.3 Å². The van der Waals surface area contributed by atoms with Gasteiger partial charge in [-0.15, -0.1) is 0 Å². The van der Waals surface area contributed by atoms with Crippen molar-refractivity contribution in [2.24, 2.45) is 0 Å². The maximum Gasteiger partial charge on any atom is 0.269 e. The van der Waals surface area contributed by atoms with Crippen molar-refractivity contribution in [3.05, 3.63) is 66.1 Å². The highest BCUT2D eigenvalue weighted by Crippen LogP contribution is 2.40. The Morgan fingerprint density at radius 1 is 1.18 bits per heavy atom. The van der Waals surface area contributed by atoms with Gasteiger partial charge in [0.15, 0.2) is 5.82 Å². The van der Waals surface area contributed by atoms with Crippen molar-refractivity contribution in [3.8, 4) is 23.0 Å². The topological polar surface area (TPSA) is 113 Å². The lowest BCUT2D eigenvalue weighted by Gasteiger charge is -2.25. The summed E-state index contributed by atoms with van der Waals surface area (Å²) in [6.07, 6.45) is 5.00. The van der Waals surface area contributed by atoms with Gasteiger partial charge in [0, 0.05) is 38.3 Å². The molecule has 3 aromatic heterocycles. The van der Waals surface area contributed by atoms with E-state index in [-0.39, 0.29) is 17.9 Å². The van der Waals surface area contributed by atoms with Crippen LogP contribution in [0.3, 0.4) is 0 Å². The minimum Gasteiger partial charge on any atom is -0.455 e. The Bertz CT molecular complexity index is 1350. The molecule has 1 fully saturated rings. The maximum absolute atomic E-state index is 12.3. The summed E-state index contributed by atoms with van der Waals surface area (Å²) in [5, 5.41) is 2.55. The molecule has 9 nitrogen and oxygen atoms in total. The minimum absolute atomic E-state index is 0.0314. The summed E-state index contributed by atoms with van der Waals surface area (Å²) in [7, 11) is 1.56. The standard InChI is InChI=1S/C25H24N6O3/c1-15(32)31-11-5-7-22(31)17-12-20-21(30-24(29-20)18-6-3-4-10-27-18)13-23(17)34-16-8-9-19(28-14-16)25(33)26-2/h3-4,6,8-10,12-14,22H,5,7,11H2,1-2H3,(H,26,33)(H,29,30). The van der Waals surface area contributed by atoms with Crippen molar-refractivity contribution in [1.82, 2.24) is 30.2 Å². The first kappa shape index (κ1) is 21.6. The number of carbonyl (C=O) groups excluding carboxylic acids is 2. The number of aromatic amines is 1. The minimum atomic E-state index is -0.268. The van der Waals surface area contributed by atoms with Gasteiger partial charge in [0.1, 0.15) is 22.9 Å². The molecule has 9 heteroatoms. The number of H-pyrrole nitrogens is 1. The maximum atomic E-state index is 12.3. The Balaban J connectivity index is 1.57. The average molecular weight is 457 g/mol. The van der Waals surface area contributed by atoms with Gasteiger partial charge in [-0.3, -0.25) is 14.6 Å². The molecule has 172 valence electrons. The molecule has 0 bridgehead atoms. The van der Waals surface area contributed by atoms with Crippen LogP contribution in [0, 0.1) is 0 Å². The number of carbonyl (C=O) groups is 2. The van der Waals surface area contributed by atoms with E-state index in [1.54, 1.807) is 32.3 Å². The molecule has 4 aromatic rings. The first-order chi connectivity index (χ1) is 16.5. The molecule has 2 N–H and O–H groups in total. The van der Waals surface area contributed by atoms with Gasteiger partial charge in [-0.05, 0) is 43.2 Å². The SMILES string of the molecule is CNC(=O)c1ccc(Oc2cc3nc(-c4ccccn4)[nH]c3cc2C2CCCN2C(C)=O)cn1. The Morgan fingerprint density at radius 3 is 2.76 bits per heavy atom. The van der Waals surface area contributed by atoms with Crippen molar-refractivity contribution >= 4 is 22.8 Å². The summed E-state index contributed by atoms with van der Waals surface area (Å²) in [6.45, 7) is 2.30. The molecule has 1 saturated heterocycles. The molecule has 4 heterocycles. The molecule has 1 aliphatic rings. The average Bonchev–Trinajstić information content (AvgIpc) is 3.51. The van der Waals surface area contributed by atoms with Crippen LogP contribution in [0.1, 0.15) is 41.9 Å². The molecule has 2 amide bonds. The van der Waals surface area contributed by atoms with Gasteiger partial charge in [0.25, 0.3) is 5.91 Å². The normalized spacial score (nSPS) is 15.5. The molecule has 1 unspecified atom stereocenters. The molecule has 0 spiro atoms. The van der Waals surface area contributed by atoms with E-state index in [1.807, 2.05) is 35.2 Å². The molecule has 34 heavy (non-hydrogen) atoms. The zero-order valence-corrected chi connectivity index (χ0v) is 18.9. The van der Waals surface area contributed by atoms with E-state index in [9.17, 15) is 9.59 Å². The fourth-order valence-corrected chi connectivity index (χ4v) is 4.32. The number of imidazole rings is 1. The van der Waals surface area contributed by atoms with E-state index in [1.165, 1.54) is 6.20 Å². The van der Waals surface area contributed by atoms with Crippen molar-refractivity contribution in [2.75, 3.05) is 13.6 Å². The van der Waals surface area contributed by atoms with Crippen LogP contribution in [0.15, 0.2) is 54.9 Å². The number of pyridine rings is 2. The van der Waals surface area contributed by atoms with Crippen molar-refractivity contribution in [1.29, 1.82) is 0 Å². The third-order valence-electron chi connectivity index (χ3n) is 5.96. The van der Waals surface area contributed by atoms with Gasteiger partial charge in [0.05, 0.1) is 23.3 Å².